The standard InChI is InChI=1S/C12H17N5O3S/c1-3-21(18,19)7-6-17-12(14-15-16-17)10-8-9(13)4-5-11(10)20-2/h4-5,8H,3,6-7,13H2,1-2H3. The quantitative estimate of drug-likeness (QED) is 0.766. The van der Waals surface area contributed by atoms with Gasteiger partial charge < -0.3 is 10.5 Å². The van der Waals surface area contributed by atoms with Crippen molar-refractivity contribution < 1.29 is 13.2 Å². The Morgan fingerprint density at radius 2 is 2.14 bits per heavy atom. The highest BCUT2D eigenvalue weighted by atomic mass is 32.2. The van der Waals surface area contributed by atoms with Crippen LogP contribution in [-0.2, 0) is 16.4 Å². The van der Waals surface area contributed by atoms with Gasteiger partial charge >= 0.3 is 0 Å². The van der Waals surface area contributed by atoms with Gasteiger partial charge in [0.05, 0.1) is 25.0 Å². The van der Waals surface area contributed by atoms with Crippen LogP contribution in [0.5, 0.6) is 5.75 Å². The summed E-state index contributed by atoms with van der Waals surface area (Å²) in [6.07, 6.45) is 0. The van der Waals surface area contributed by atoms with E-state index in [0.717, 1.165) is 0 Å². The van der Waals surface area contributed by atoms with Crippen molar-refractivity contribution in [3.8, 4) is 17.1 Å². The van der Waals surface area contributed by atoms with Crippen LogP contribution in [0, 0.1) is 0 Å². The molecule has 0 radical (unpaired) electrons. The number of sulfone groups is 1. The molecule has 2 aromatic rings. The fourth-order valence-electron chi connectivity index (χ4n) is 1.82. The highest BCUT2D eigenvalue weighted by Gasteiger charge is 2.16. The summed E-state index contributed by atoms with van der Waals surface area (Å²) in [7, 11) is -1.56. The van der Waals surface area contributed by atoms with Gasteiger partial charge in [0, 0.05) is 11.4 Å². The summed E-state index contributed by atoms with van der Waals surface area (Å²) in [5.74, 6) is 1.06. The summed E-state index contributed by atoms with van der Waals surface area (Å²) in [6.45, 7) is 1.78. The van der Waals surface area contributed by atoms with E-state index in [1.807, 2.05) is 0 Å². The molecule has 2 rings (SSSR count). The number of tetrazole rings is 1. The van der Waals surface area contributed by atoms with Crippen LogP contribution in [0.4, 0.5) is 5.69 Å². The molecular weight excluding hydrogens is 294 g/mol. The lowest BCUT2D eigenvalue weighted by Gasteiger charge is -2.09. The average molecular weight is 311 g/mol. The second-order valence-corrected chi connectivity index (χ2v) is 6.89. The van der Waals surface area contributed by atoms with E-state index in [2.05, 4.69) is 15.5 Å². The summed E-state index contributed by atoms with van der Waals surface area (Å²) in [5.41, 5.74) is 6.94. The molecule has 1 heterocycles. The number of methoxy groups -OCH3 is 1. The maximum atomic E-state index is 11.6. The molecule has 0 aliphatic heterocycles. The molecule has 21 heavy (non-hydrogen) atoms. The molecule has 8 nitrogen and oxygen atoms in total. The fourth-order valence-corrected chi connectivity index (χ4v) is 2.56. The summed E-state index contributed by atoms with van der Waals surface area (Å²) in [5, 5.41) is 11.4. The van der Waals surface area contributed by atoms with Crippen LogP contribution in [0.3, 0.4) is 0 Å². The van der Waals surface area contributed by atoms with Gasteiger partial charge in [0.25, 0.3) is 0 Å². The SMILES string of the molecule is CCS(=O)(=O)CCn1nnnc1-c1cc(N)ccc1OC. The Hall–Kier alpha value is -2.16. The maximum absolute atomic E-state index is 11.6. The molecule has 0 fully saturated rings. The number of aromatic nitrogens is 4. The minimum absolute atomic E-state index is 0.0217. The van der Waals surface area contributed by atoms with Crippen molar-refractivity contribution in [3.63, 3.8) is 0 Å². The van der Waals surface area contributed by atoms with Crippen molar-refractivity contribution in [2.45, 2.75) is 13.5 Å². The van der Waals surface area contributed by atoms with Gasteiger partial charge in [0.2, 0.25) is 0 Å². The first-order chi connectivity index (χ1) is 9.96. The number of benzene rings is 1. The van der Waals surface area contributed by atoms with Crippen LogP contribution in [0.1, 0.15) is 6.92 Å². The summed E-state index contributed by atoms with van der Waals surface area (Å²) in [6, 6.07) is 5.11. The molecule has 9 heteroatoms. The predicted molar refractivity (Wildman–Crippen MR) is 78.5 cm³/mol. The lowest BCUT2D eigenvalue weighted by Crippen LogP contribution is -2.16. The van der Waals surface area contributed by atoms with E-state index in [1.54, 1.807) is 25.1 Å². The zero-order valence-corrected chi connectivity index (χ0v) is 12.7. The first-order valence-electron chi connectivity index (χ1n) is 6.37. The van der Waals surface area contributed by atoms with Crippen molar-refractivity contribution in [3.05, 3.63) is 18.2 Å². The topological polar surface area (TPSA) is 113 Å². The minimum atomic E-state index is -3.09. The van der Waals surface area contributed by atoms with E-state index >= 15 is 0 Å². The van der Waals surface area contributed by atoms with Gasteiger partial charge in [-0.15, -0.1) is 5.10 Å². The lowest BCUT2D eigenvalue weighted by molar-refractivity contribution is 0.416. The number of nitrogens with zero attached hydrogens (tertiary/aromatic N) is 4. The zero-order chi connectivity index (χ0) is 15.5. The van der Waals surface area contributed by atoms with Gasteiger partial charge in [-0.25, -0.2) is 13.1 Å². The molecule has 114 valence electrons. The van der Waals surface area contributed by atoms with E-state index in [9.17, 15) is 8.42 Å². The Bertz CT molecular complexity index is 726. The van der Waals surface area contributed by atoms with Crippen molar-refractivity contribution >= 4 is 15.5 Å². The van der Waals surface area contributed by atoms with Crippen LogP contribution in [-0.4, -0.2) is 47.2 Å². The molecule has 0 aliphatic carbocycles. The number of hydrogen-bond acceptors (Lipinski definition) is 7. The smallest absolute Gasteiger partial charge is 0.185 e. The van der Waals surface area contributed by atoms with Crippen molar-refractivity contribution in [2.75, 3.05) is 24.3 Å². The second kappa shape index (κ2) is 6.08. The van der Waals surface area contributed by atoms with Crippen molar-refractivity contribution in [2.24, 2.45) is 0 Å². The first-order valence-corrected chi connectivity index (χ1v) is 8.19. The highest BCUT2D eigenvalue weighted by Crippen LogP contribution is 2.29. The number of nitrogens with two attached hydrogens (primary N) is 1. The third kappa shape index (κ3) is 3.48. The van der Waals surface area contributed by atoms with Crippen LogP contribution in [0.15, 0.2) is 18.2 Å². The summed E-state index contributed by atoms with van der Waals surface area (Å²) >= 11 is 0. The molecule has 1 aromatic heterocycles. The molecule has 0 atom stereocenters. The molecule has 0 aliphatic rings. The molecule has 0 amide bonds. The Balaban J connectivity index is 2.35. The molecule has 0 unspecified atom stereocenters. The molecule has 0 saturated carbocycles. The number of nitrogen functional groups attached to an aromatic ring is 1. The maximum Gasteiger partial charge on any atom is 0.185 e. The minimum Gasteiger partial charge on any atom is -0.496 e. The third-order valence-corrected chi connectivity index (χ3v) is 4.73. The van der Waals surface area contributed by atoms with Gasteiger partial charge in [-0.2, -0.15) is 0 Å². The lowest BCUT2D eigenvalue weighted by atomic mass is 10.1. The fraction of sp³-hybridized carbons (Fsp3) is 0.417. The van der Waals surface area contributed by atoms with E-state index in [0.29, 0.717) is 22.8 Å². The normalized spacial score (nSPS) is 11.5. The average Bonchev–Trinajstić information content (AvgIpc) is 2.93. The monoisotopic (exact) mass is 311 g/mol. The van der Waals surface area contributed by atoms with Gasteiger partial charge in [-0.3, -0.25) is 0 Å². The number of aryl methyl sites for hydroxylation is 1. The number of ether oxygens (including phenoxy) is 1. The first kappa shape index (κ1) is 15.2. The van der Waals surface area contributed by atoms with E-state index in [-0.39, 0.29) is 18.1 Å². The Kier molecular flexibility index (Phi) is 4.41. The van der Waals surface area contributed by atoms with Gasteiger partial charge in [0.1, 0.15) is 5.75 Å². The van der Waals surface area contributed by atoms with Gasteiger partial charge in [-0.1, -0.05) is 6.92 Å². The third-order valence-electron chi connectivity index (χ3n) is 3.05. The Morgan fingerprint density at radius 3 is 2.81 bits per heavy atom. The molecular formula is C12H17N5O3S. The van der Waals surface area contributed by atoms with Crippen LogP contribution in [0.2, 0.25) is 0 Å². The van der Waals surface area contributed by atoms with Crippen molar-refractivity contribution in [1.29, 1.82) is 0 Å². The molecule has 0 saturated heterocycles. The van der Waals surface area contributed by atoms with Crippen LogP contribution < -0.4 is 10.5 Å². The van der Waals surface area contributed by atoms with E-state index < -0.39 is 9.84 Å². The Labute approximate surface area is 122 Å². The Morgan fingerprint density at radius 1 is 1.38 bits per heavy atom. The molecule has 1 aromatic carbocycles. The molecule has 0 bridgehead atoms. The van der Waals surface area contributed by atoms with Crippen molar-refractivity contribution in [1.82, 2.24) is 20.2 Å². The number of rotatable bonds is 6. The zero-order valence-electron chi connectivity index (χ0n) is 11.9. The van der Waals surface area contributed by atoms with E-state index in [4.69, 9.17) is 10.5 Å². The van der Waals surface area contributed by atoms with E-state index in [1.165, 1.54) is 11.8 Å². The van der Waals surface area contributed by atoms with Crippen LogP contribution >= 0.6 is 0 Å². The summed E-state index contributed by atoms with van der Waals surface area (Å²) < 4.78 is 29.9. The summed E-state index contributed by atoms with van der Waals surface area (Å²) in [4.78, 5) is 0. The van der Waals surface area contributed by atoms with Crippen LogP contribution in [0.25, 0.3) is 11.4 Å². The predicted octanol–water partition coefficient (Wildman–Crippen LogP) is 0.366. The number of anilines is 1. The molecule has 2 N–H and O–H groups in total. The van der Waals surface area contributed by atoms with Gasteiger partial charge in [0.15, 0.2) is 15.7 Å². The largest absolute Gasteiger partial charge is 0.496 e. The van der Waals surface area contributed by atoms with Gasteiger partial charge in [-0.05, 0) is 28.6 Å². The molecule has 0 spiro atoms. The second-order valence-electron chi connectivity index (χ2n) is 4.42. The highest BCUT2D eigenvalue weighted by molar-refractivity contribution is 7.91. The number of hydrogen-bond donors (Lipinski definition) is 1.